The van der Waals surface area contributed by atoms with Crippen molar-refractivity contribution in [1.82, 2.24) is 4.37 Å². The monoisotopic (exact) mass is 324 g/mol. The van der Waals surface area contributed by atoms with Gasteiger partial charge in [-0.2, -0.15) is 4.37 Å². The fourth-order valence-corrected chi connectivity index (χ4v) is 3.96. The van der Waals surface area contributed by atoms with E-state index in [-0.39, 0.29) is 5.78 Å². The number of carbonyl (C=O) groups is 1. The van der Waals surface area contributed by atoms with Gasteiger partial charge in [-0.3, -0.25) is 4.79 Å². The molecule has 5 heteroatoms. The normalized spacial score (nSPS) is 13.9. The van der Waals surface area contributed by atoms with Crippen LogP contribution in [0.5, 0.6) is 0 Å². The third-order valence-corrected chi connectivity index (χ3v) is 4.98. The first-order valence-electron chi connectivity index (χ1n) is 7.71. The molecule has 0 bridgehead atoms. The highest BCUT2D eigenvalue weighted by atomic mass is 32.1. The van der Waals surface area contributed by atoms with E-state index in [1.54, 1.807) is 0 Å². The molecule has 4 nitrogen and oxygen atoms in total. The quantitative estimate of drug-likeness (QED) is 0.556. The Morgan fingerprint density at radius 1 is 1.22 bits per heavy atom. The van der Waals surface area contributed by atoms with E-state index < -0.39 is 6.23 Å². The second-order valence-electron chi connectivity index (χ2n) is 5.72. The van der Waals surface area contributed by atoms with E-state index in [9.17, 15) is 9.90 Å². The van der Waals surface area contributed by atoms with E-state index in [0.29, 0.717) is 23.2 Å². The molecule has 23 heavy (non-hydrogen) atoms. The van der Waals surface area contributed by atoms with Crippen molar-refractivity contribution in [3.63, 3.8) is 0 Å². The Hall–Kier alpha value is -2.24. The van der Waals surface area contributed by atoms with Crippen molar-refractivity contribution in [3.8, 4) is 11.3 Å². The SMILES string of the molecule is CCCC(O)Nc1cccc2c1C(=O)c1cccc3snc-2c13. The summed E-state index contributed by atoms with van der Waals surface area (Å²) in [5.41, 5.74) is 3.67. The van der Waals surface area contributed by atoms with Gasteiger partial charge in [0.05, 0.1) is 16.0 Å². The Kier molecular flexibility index (Phi) is 3.39. The van der Waals surface area contributed by atoms with Crippen molar-refractivity contribution in [3.05, 3.63) is 47.5 Å². The van der Waals surface area contributed by atoms with Crippen molar-refractivity contribution < 1.29 is 9.90 Å². The summed E-state index contributed by atoms with van der Waals surface area (Å²) >= 11 is 1.41. The molecule has 0 radical (unpaired) electrons. The van der Waals surface area contributed by atoms with Gasteiger partial charge in [0, 0.05) is 22.2 Å². The smallest absolute Gasteiger partial charge is 0.196 e. The van der Waals surface area contributed by atoms with Crippen LogP contribution in [0, 0.1) is 0 Å². The van der Waals surface area contributed by atoms with Gasteiger partial charge >= 0.3 is 0 Å². The number of aliphatic hydroxyl groups is 1. The molecule has 0 spiro atoms. The Morgan fingerprint density at radius 3 is 2.83 bits per heavy atom. The highest BCUT2D eigenvalue weighted by Gasteiger charge is 2.29. The van der Waals surface area contributed by atoms with Gasteiger partial charge in [-0.1, -0.05) is 37.6 Å². The van der Waals surface area contributed by atoms with Gasteiger partial charge in [-0.25, -0.2) is 0 Å². The first-order chi connectivity index (χ1) is 11.2. The first-order valence-corrected chi connectivity index (χ1v) is 8.49. The maximum Gasteiger partial charge on any atom is 0.196 e. The summed E-state index contributed by atoms with van der Waals surface area (Å²) < 4.78 is 5.59. The van der Waals surface area contributed by atoms with Gasteiger partial charge in [0.1, 0.15) is 6.23 Å². The molecule has 1 aliphatic rings. The maximum atomic E-state index is 13.0. The third-order valence-electron chi connectivity index (χ3n) is 4.17. The predicted octanol–water partition coefficient (Wildman–Crippen LogP) is 4.04. The lowest BCUT2D eigenvalue weighted by Gasteiger charge is -2.21. The van der Waals surface area contributed by atoms with Crippen LogP contribution in [-0.4, -0.2) is 21.5 Å². The molecule has 1 aromatic heterocycles. The predicted molar refractivity (Wildman–Crippen MR) is 93.0 cm³/mol. The average Bonchev–Trinajstić information content (AvgIpc) is 2.98. The largest absolute Gasteiger partial charge is 0.374 e. The number of ketones is 1. The molecule has 0 saturated carbocycles. The van der Waals surface area contributed by atoms with Crippen LogP contribution in [0.4, 0.5) is 5.69 Å². The minimum absolute atomic E-state index is 0.00917. The third kappa shape index (κ3) is 2.16. The van der Waals surface area contributed by atoms with Gasteiger partial charge in [0.25, 0.3) is 0 Å². The van der Waals surface area contributed by atoms with E-state index in [1.165, 1.54) is 11.5 Å². The lowest BCUT2D eigenvalue weighted by Crippen LogP contribution is -2.21. The molecule has 1 heterocycles. The number of rotatable bonds is 4. The zero-order chi connectivity index (χ0) is 16.0. The van der Waals surface area contributed by atoms with Gasteiger partial charge in [0.15, 0.2) is 5.78 Å². The van der Waals surface area contributed by atoms with Gasteiger partial charge < -0.3 is 10.4 Å². The fraction of sp³-hybridized carbons (Fsp3) is 0.222. The second kappa shape index (κ2) is 5.44. The average molecular weight is 324 g/mol. The Labute approximate surface area is 137 Å². The van der Waals surface area contributed by atoms with Crippen LogP contribution in [0.15, 0.2) is 36.4 Å². The molecule has 1 aliphatic carbocycles. The number of benzene rings is 2. The summed E-state index contributed by atoms with van der Waals surface area (Å²) in [6, 6.07) is 11.4. The molecule has 0 amide bonds. The van der Waals surface area contributed by atoms with Crippen LogP contribution in [0.1, 0.15) is 35.7 Å². The summed E-state index contributed by atoms with van der Waals surface area (Å²) in [6.07, 6.45) is 0.842. The Bertz CT molecular complexity index is 917. The minimum atomic E-state index is -0.660. The number of nitrogens with one attached hydrogen (secondary N) is 1. The molecule has 2 aromatic carbocycles. The van der Waals surface area contributed by atoms with Gasteiger partial charge in [0.2, 0.25) is 0 Å². The molecule has 0 saturated heterocycles. The molecule has 4 rings (SSSR count). The molecule has 0 aliphatic heterocycles. The number of hydrogen-bond donors (Lipinski definition) is 2. The Balaban J connectivity index is 1.91. The number of carbonyl (C=O) groups excluding carboxylic acids is 1. The van der Waals surface area contributed by atoms with E-state index >= 15 is 0 Å². The molecule has 0 fully saturated rings. The number of nitrogens with zero attached hydrogens (tertiary/aromatic N) is 1. The molecular weight excluding hydrogens is 308 g/mol. The molecule has 2 N–H and O–H groups in total. The zero-order valence-electron chi connectivity index (χ0n) is 12.7. The molecule has 1 atom stereocenters. The lowest BCUT2D eigenvalue weighted by molar-refractivity contribution is 0.104. The molecule has 3 aromatic rings. The first kappa shape index (κ1) is 14.4. The summed E-state index contributed by atoms with van der Waals surface area (Å²) in [5, 5.41) is 14.1. The van der Waals surface area contributed by atoms with Gasteiger partial charge in [-0.15, -0.1) is 0 Å². The molecule has 116 valence electrons. The van der Waals surface area contributed by atoms with Crippen LogP contribution < -0.4 is 5.32 Å². The van der Waals surface area contributed by atoms with Crippen LogP contribution in [0.25, 0.3) is 21.3 Å². The molecule has 1 unspecified atom stereocenters. The van der Waals surface area contributed by atoms with Crippen LogP contribution >= 0.6 is 11.5 Å². The summed E-state index contributed by atoms with van der Waals surface area (Å²) in [7, 11) is 0. The zero-order valence-corrected chi connectivity index (χ0v) is 13.5. The van der Waals surface area contributed by atoms with Crippen LogP contribution in [0.3, 0.4) is 0 Å². The summed E-state index contributed by atoms with van der Waals surface area (Å²) in [6.45, 7) is 2.01. The van der Waals surface area contributed by atoms with Crippen LogP contribution in [-0.2, 0) is 0 Å². The maximum absolute atomic E-state index is 13.0. The number of fused-ring (bicyclic) bond motifs is 2. The fourth-order valence-electron chi connectivity index (χ4n) is 3.14. The van der Waals surface area contributed by atoms with Crippen molar-refractivity contribution in [2.24, 2.45) is 0 Å². The van der Waals surface area contributed by atoms with Crippen molar-refractivity contribution in [2.75, 3.05) is 5.32 Å². The highest BCUT2D eigenvalue weighted by molar-refractivity contribution is 7.13. The number of hydrogen-bond acceptors (Lipinski definition) is 5. The molecular formula is C18H16N2O2S. The van der Waals surface area contributed by atoms with E-state index in [2.05, 4.69) is 9.69 Å². The van der Waals surface area contributed by atoms with Crippen molar-refractivity contribution >= 4 is 33.1 Å². The number of aliphatic hydroxyl groups excluding tert-OH is 1. The topological polar surface area (TPSA) is 62.2 Å². The summed E-state index contributed by atoms with van der Waals surface area (Å²) in [5.74, 6) is -0.00917. The number of anilines is 1. The lowest BCUT2D eigenvalue weighted by atomic mass is 9.86. The second-order valence-corrected chi connectivity index (χ2v) is 6.52. The van der Waals surface area contributed by atoms with Crippen molar-refractivity contribution in [1.29, 1.82) is 0 Å². The summed E-state index contributed by atoms with van der Waals surface area (Å²) in [4.78, 5) is 13.0. The standard InChI is InChI=1S/C18H16N2O2S/c1-2-5-14(21)19-12-8-3-6-10-15(12)18(22)11-7-4-9-13-16(11)17(10)20-23-13/h3-4,6-9,14,19,21H,2,5H2,1H3. The van der Waals surface area contributed by atoms with Crippen LogP contribution in [0.2, 0.25) is 0 Å². The van der Waals surface area contributed by atoms with Crippen molar-refractivity contribution in [2.45, 2.75) is 26.0 Å². The Morgan fingerprint density at radius 2 is 2.00 bits per heavy atom. The minimum Gasteiger partial charge on any atom is -0.374 e. The number of aromatic nitrogens is 1. The van der Waals surface area contributed by atoms with E-state index in [4.69, 9.17) is 0 Å². The van der Waals surface area contributed by atoms with E-state index in [0.717, 1.165) is 27.8 Å². The highest BCUT2D eigenvalue weighted by Crippen LogP contribution is 2.42. The van der Waals surface area contributed by atoms with Gasteiger partial charge in [-0.05, 0) is 30.1 Å². The van der Waals surface area contributed by atoms with E-state index in [1.807, 2.05) is 43.3 Å².